The van der Waals surface area contributed by atoms with Crippen LogP contribution in [0.3, 0.4) is 0 Å². The smallest absolute Gasteiger partial charge is 0.274 e. The number of aromatic nitrogens is 2. The fraction of sp³-hybridized carbons (Fsp3) is 0.160. The van der Waals surface area contributed by atoms with Gasteiger partial charge in [0.05, 0.1) is 24.0 Å². The van der Waals surface area contributed by atoms with E-state index < -0.39 is 0 Å². The summed E-state index contributed by atoms with van der Waals surface area (Å²) in [5, 5.41) is 1.34. The van der Waals surface area contributed by atoms with Gasteiger partial charge in [-0.3, -0.25) is 4.79 Å². The third kappa shape index (κ3) is 6.38. The summed E-state index contributed by atoms with van der Waals surface area (Å²) in [6.45, 7) is 2.68. The Morgan fingerprint density at radius 1 is 1.03 bits per heavy atom. The molecule has 8 heteroatoms. The Bertz CT molecular complexity index is 1230. The fourth-order valence-corrected chi connectivity index (χ4v) is 4.33. The normalized spacial score (nSPS) is 10.9. The van der Waals surface area contributed by atoms with Crippen LogP contribution in [0.25, 0.3) is 0 Å². The molecule has 0 atom stereocenters. The van der Waals surface area contributed by atoms with E-state index in [-0.39, 0.29) is 23.2 Å². The summed E-state index contributed by atoms with van der Waals surface area (Å²) >= 11 is 13.8. The number of carbonyl (C=O) groups excluding carboxylic acids is 1. The van der Waals surface area contributed by atoms with Gasteiger partial charge < -0.3 is 9.32 Å². The topological polar surface area (TPSA) is 59.2 Å². The number of nitrogens with zero attached hydrogens (tertiary/aromatic N) is 3. The van der Waals surface area contributed by atoms with Crippen molar-refractivity contribution in [2.24, 2.45) is 0 Å². The quantitative estimate of drug-likeness (QED) is 0.197. The highest BCUT2D eigenvalue weighted by atomic mass is 35.5. The van der Waals surface area contributed by atoms with Crippen molar-refractivity contribution in [1.82, 2.24) is 14.9 Å². The SMILES string of the molecule is Cc1cccc(CSc2ncc(Cl)c(C(=O)N(Cc3ccc(Cl)cc3)Cc3ccco3)n2)c1. The number of thioether (sulfide) groups is 1. The first kappa shape index (κ1) is 23.4. The van der Waals surface area contributed by atoms with Crippen molar-refractivity contribution in [2.45, 2.75) is 30.9 Å². The zero-order valence-corrected chi connectivity index (χ0v) is 20.2. The van der Waals surface area contributed by atoms with Crippen LogP contribution < -0.4 is 0 Å². The largest absolute Gasteiger partial charge is 0.467 e. The Labute approximate surface area is 206 Å². The summed E-state index contributed by atoms with van der Waals surface area (Å²) in [6.07, 6.45) is 3.06. The zero-order chi connectivity index (χ0) is 23.2. The van der Waals surface area contributed by atoms with Gasteiger partial charge in [0, 0.05) is 17.3 Å². The molecule has 0 aliphatic heterocycles. The summed E-state index contributed by atoms with van der Waals surface area (Å²) in [4.78, 5) is 23.9. The second-order valence-corrected chi connectivity index (χ2v) is 9.28. The van der Waals surface area contributed by atoms with Crippen molar-refractivity contribution >= 4 is 40.9 Å². The van der Waals surface area contributed by atoms with Gasteiger partial charge in [-0.1, -0.05) is 76.9 Å². The van der Waals surface area contributed by atoms with E-state index in [4.69, 9.17) is 27.6 Å². The molecule has 2 heterocycles. The number of aryl methyl sites for hydroxylation is 1. The van der Waals surface area contributed by atoms with Gasteiger partial charge in [-0.05, 0) is 42.3 Å². The minimum Gasteiger partial charge on any atom is -0.467 e. The maximum Gasteiger partial charge on any atom is 0.274 e. The molecule has 4 aromatic rings. The van der Waals surface area contributed by atoms with Crippen LogP contribution in [0.4, 0.5) is 0 Å². The monoisotopic (exact) mass is 497 g/mol. The molecule has 168 valence electrons. The van der Waals surface area contributed by atoms with Crippen molar-refractivity contribution < 1.29 is 9.21 Å². The van der Waals surface area contributed by atoms with Crippen molar-refractivity contribution in [1.29, 1.82) is 0 Å². The molecular weight excluding hydrogens is 477 g/mol. The second-order valence-electron chi connectivity index (χ2n) is 7.49. The number of benzene rings is 2. The predicted molar refractivity (Wildman–Crippen MR) is 132 cm³/mol. The summed E-state index contributed by atoms with van der Waals surface area (Å²) in [5.74, 6) is 1.06. The highest BCUT2D eigenvalue weighted by Gasteiger charge is 2.23. The van der Waals surface area contributed by atoms with E-state index in [1.807, 2.05) is 24.3 Å². The van der Waals surface area contributed by atoms with E-state index in [2.05, 4.69) is 35.1 Å². The van der Waals surface area contributed by atoms with Crippen LogP contribution in [-0.2, 0) is 18.8 Å². The lowest BCUT2D eigenvalue weighted by Gasteiger charge is -2.22. The van der Waals surface area contributed by atoms with Crippen LogP contribution in [0.1, 0.15) is 32.9 Å². The lowest BCUT2D eigenvalue weighted by molar-refractivity contribution is 0.0710. The number of halogens is 2. The van der Waals surface area contributed by atoms with Crippen LogP contribution in [-0.4, -0.2) is 20.8 Å². The van der Waals surface area contributed by atoms with E-state index in [0.717, 1.165) is 11.1 Å². The maximum atomic E-state index is 13.5. The summed E-state index contributed by atoms with van der Waals surface area (Å²) in [5.41, 5.74) is 3.45. The number of hydrogen-bond donors (Lipinski definition) is 0. The molecule has 0 spiro atoms. The minimum atomic E-state index is -0.300. The van der Waals surface area contributed by atoms with Gasteiger partial charge >= 0.3 is 0 Å². The fourth-order valence-electron chi connectivity index (χ4n) is 3.27. The molecule has 0 radical (unpaired) electrons. The molecule has 0 N–H and O–H groups in total. The van der Waals surface area contributed by atoms with Crippen molar-refractivity contribution in [3.8, 4) is 0 Å². The van der Waals surface area contributed by atoms with Crippen LogP contribution in [0.5, 0.6) is 0 Å². The zero-order valence-electron chi connectivity index (χ0n) is 17.9. The standard InChI is InChI=1S/C25H21Cl2N3O2S/c1-17-4-2-5-19(12-17)16-33-25-28-13-22(27)23(29-25)24(31)30(15-21-6-3-11-32-21)14-18-7-9-20(26)10-8-18/h2-13H,14-16H2,1H3. The molecule has 0 unspecified atom stereocenters. The van der Waals surface area contributed by atoms with Crippen LogP contribution >= 0.6 is 35.0 Å². The van der Waals surface area contributed by atoms with Gasteiger partial charge in [0.1, 0.15) is 5.76 Å². The number of carbonyl (C=O) groups is 1. The van der Waals surface area contributed by atoms with Gasteiger partial charge in [0.25, 0.3) is 5.91 Å². The van der Waals surface area contributed by atoms with Gasteiger partial charge in [-0.25, -0.2) is 9.97 Å². The Morgan fingerprint density at radius 2 is 1.85 bits per heavy atom. The molecule has 5 nitrogen and oxygen atoms in total. The number of hydrogen-bond acceptors (Lipinski definition) is 5. The first-order chi connectivity index (χ1) is 16.0. The third-order valence-electron chi connectivity index (χ3n) is 4.88. The van der Waals surface area contributed by atoms with Gasteiger partial charge in [0.15, 0.2) is 10.9 Å². The molecule has 0 saturated heterocycles. The molecule has 0 aliphatic rings. The Morgan fingerprint density at radius 3 is 2.58 bits per heavy atom. The van der Waals surface area contributed by atoms with Gasteiger partial charge in [-0.15, -0.1) is 0 Å². The van der Waals surface area contributed by atoms with E-state index in [9.17, 15) is 4.79 Å². The summed E-state index contributed by atoms with van der Waals surface area (Å²) < 4.78 is 5.47. The Hall–Kier alpha value is -2.80. The maximum absolute atomic E-state index is 13.5. The average molecular weight is 498 g/mol. The molecule has 0 saturated carbocycles. The van der Waals surface area contributed by atoms with Crippen LogP contribution in [0.2, 0.25) is 10.0 Å². The molecule has 2 aromatic carbocycles. The van der Waals surface area contributed by atoms with Crippen molar-refractivity contribution in [3.05, 3.63) is 111 Å². The molecule has 0 fully saturated rings. The van der Waals surface area contributed by atoms with Crippen molar-refractivity contribution in [3.63, 3.8) is 0 Å². The minimum absolute atomic E-state index is 0.166. The lowest BCUT2D eigenvalue weighted by Crippen LogP contribution is -2.31. The molecule has 2 aromatic heterocycles. The third-order valence-corrected chi connectivity index (χ3v) is 6.34. The molecule has 1 amide bonds. The van der Waals surface area contributed by atoms with Crippen molar-refractivity contribution in [2.75, 3.05) is 0 Å². The number of amides is 1. The molecule has 0 aliphatic carbocycles. The van der Waals surface area contributed by atoms with Crippen LogP contribution in [0.15, 0.2) is 82.7 Å². The van der Waals surface area contributed by atoms with E-state index in [1.165, 1.54) is 23.5 Å². The first-order valence-electron chi connectivity index (χ1n) is 10.2. The second kappa shape index (κ2) is 10.9. The summed E-state index contributed by atoms with van der Waals surface area (Å²) in [7, 11) is 0. The lowest BCUT2D eigenvalue weighted by atomic mass is 10.2. The highest BCUT2D eigenvalue weighted by molar-refractivity contribution is 7.98. The van der Waals surface area contributed by atoms with Gasteiger partial charge in [0.2, 0.25) is 0 Å². The molecule has 0 bridgehead atoms. The van der Waals surface area contributed by atoms with Crippen LogP contribution in [0, 0.1) is 6.92 Å². The number of rotatable bonds is 8. The van der Waals surface area contributed by atoms with E-state index in [0.29, 0.717) is 28.2 Å². The highest BCUT2D eigenvalue weighted by Crippen LogP contribution is 2.24. The predicted octanol–water partition coefficient (Wildman–Crippen LogP) is 6.82. The molecule has 4 rings (SSSR count). The Kier molecular flexibility index (Phi) is 7.70. The molecule has 33 heavy (non-hydrogen) atoms. The Balaban J connectivity index is 1.56. The number of furan rings is 1. The molecular formula is C25H21Cl2N3O2S. The van der Waals surface area contributed by atoms with E-state index in [1.54, 1.807) is 29.4 Å². The summed E-state index contributed by atoms with van der Waals surface area (Å²) in [6, 6.07) is 19.2. The first-order valence-corrected chi connectivity index (χ1v) is 12.0. The average Bonchev–Trinajstić information content (AvgIpc) is 3.32. The van der Waals surface area contributed by atoms with E-state index >= 15 is 0 Å². The van der Waals surface area contributed by atoms with Gasteiger partial charge in [-0.2, -0.15) is 0 Å².